The van der Waals surface area contributed by atoms with Gasteiger partial charge in [0.25, 0.3) is 0 Å². The first-order chi connectivity index (χ1) is 28.2. The molecule has 7 amide bonds. The Balaban J connectivity index is 1.27. The molecule has 0 unspecified atom stereocenters. The fourth-order valence-electron chi connectivity index (χ4n) is 8.26. The predicted octanol–water partition coefficient (Wildman–Crippen LogP) is 1.59. The molecule has 2 aromatic rings. The van der Waals surface area contributed by atoms with Crippen LogP contribution in [0, 0.1) is 6.92 Å². The lowest BCUT2D eigenvalue weighted by Crippen LogP contribution is -2.61. The van der Waals surface area contributed by atoms with Gasteiger partial charge in [0.1, 0.15) is 30.2 Å². The number of nitrogens with zero attached hydrogens (tertiary/aromatic N) is 3. The second-order valence-electron chi connectivity index (χ2n) is 15.8. The van der Waals surface area contributed by atoms with E-state index in [0.29, 0.717) is 50.8 Å². The van der Waals surface area contributed by atoms with Crippen LogP contribution < -0.4 is 21.3 Å². The van der Waals surface area contributed by atoms with E-state index in [-0.39, 0.29) is 37.6 Å². The number of Topliss-reactive ketones (excluding diaryl/α,β-unsaturated/α-hetero) is 1. The summed E-state index contributed by atoms with van der Waals surface area (Å²) >= 11 is 0. The summed E-state index contributed by atoms with van der Waals surface area (Å²) in [4.78, 5) is 98.9. The van der Waals surface area contributed by atoms with Gasteiger partial charge in [-0.1, -0.05) is 55.8 Å². The Kier molecular flexibility index (Phi) is 15.6. The minimum Gasteiger partial charge on any atom is -0.394 e. The lowest BCUT2D eigenvalue weighted by Gasteiger charge is -2.39. The van der Waals surface area contributed by atoms with Crippen LogP contribution in [0.2, 0.25) is 0 Å². The lowest BCUT2D eigenvalue weighted by molar-refractivity contribution is -0.151. The molecule has 2 aromatic carbocycles. The Bertz CT molecular complexity index is 1860. The van der Waals surface area contributed by atoms with Crippen molar-refractivity contribution in [3.05, 3.63) is 65.2 Å². The van der Waals surface area contributed by atoms with Crippen molar-refractivity contribution in [1.82, 2.24) is 30.7 Å². The first-order valence-corrected chi connectivity index (χ1v) is 20.8. The van der Waals surface area contributed by atoms with E-state index in [4.69, 9.17) is 0 Å². The van der Waals surface area contributed by atoms with E-state index in [1.54, 1.807) is 32.0 Å². The largest absolute Gasteiger partial charge is 0.394 e. The number of amides is 7. The summed E-state index contributed by atoms with van der Waals surface area (Å²) in [5.41, 5.74) is 3.27. The molecule has 7 atom stereocenters. The highest BCUT2D eigenvalue weighted by atomic mass is 16.3. The summed E-state index contributed by atoms with van der Waals surface area (Å²) in [6.45, 7) is 6.73. The molecule has 0 bridgehead atoms. The number of hydrogen-bond donors (Lipinski definition) is 6. The van der Waals surface area contributed by atoms with Gasteiger partial charge in [0.2, 0.25) is 29.5 Å². The topological polar surface area (TPSA) is 218 Å². The highest BCUT2D eigenvalue weighted by Crippen LogP contribution is 2.26. The fraction of sp³-hybridized carbons (Fsp3) is 0.558. The monoisotopic (exact) mass is 817 g/mol. The molecule has 320 valence electrons. The first kappa shape index (κ1) is 44.7. The molecule has 6 N–H and O–H groups in total. The SMILES string of the molecule is CCC(=O)[C@@H]1CCCN1C(=O)[C@H](C)NC(=O)[C@@H]1CCCCN1C(=O)[C@@H]1C[C@@H](O)CN1C(=O)[C@H](CO)NC(=O)[C@H](Cc1cccc(C)c1)NC(=O)Nc1ccc(CC)cc1. The Morgan fingerprint density at radius 1 is 0.780 bits per heavy atom. The van der Waals surface area contributed by atoms with E-state index in [9.17, 15) is 43.8 Å². The zero-order chi connectivity index (χ0) is 42.8. The van der Waals surface area contributed by atoms with Crippen molar-refractivity contribution < 1.29 is 43.8 Å². The van der Waals surface area contributed by atoms with E-state index in [1.807, 2.05) is 44.2 Å². The summed E-state index contributed by atoms with van der Waals surface area (Å²) in [6.07, 6.45) is 2.75. The van der Waals surface area contributed by atoms with Crippen LogP contribution in [-0.4, -0.2) is 135 Å². The molecule has 3 aliphatic rings. The quantitative estimate of drug-likeness (QED) is 0.154. The van der Waals surface area contributed by atoms with Crippen molar-refractivity contribution in [2.45, 2.75) is 128 Å². The van der Waals surface area contributed by atoms with Gasteiger partial charge in [0.15, 0.2) is 5.78 Å². The average Bonchev–Trinajstić information content (AvgIpc) is 3.89. The molecule has 59 heavy (non-hydrogen) atoms. The van der Waals surface area contributed by atoms with Gasteiger partial charge in [-0.3, -0.25) is 28.8 Å². The van der Waals surface area contributed by atoms with Crippen LogP contribution in [-0.2, 0) is 41.6 Å². The normalized spacial score (nSPS) is 21.9. The molecular formula is C43H59N7O9. The van der Waals surface area contributed by atoms with Gasteiger partial charge in [-0.25, -0.2) is 4.79 Å². The lowest BCUT2D eigenvalue weighted by atomic mass is 9.99. The molecule has 0 spiro atoms. The molecule has 5 rings (SSSR count). The van der Waals surface area contributed by atoms with Crippen molar-refractivity contribution in [2.75, 3.05) is 31.6 Å². The van der Waals surface area contributed by atoms with E-state index >= 15 is 0 Å². The van der Waals surface area contributed by atoms with Gasteiger partial charge in [-0.15, -0.1) is 0 Å². The van der Waals surface area contributed by atoms with Crippen molar-refractivity contribution in [1.29, 1.82) is 0 Å². The van der Waals surface area contributed by atoms with Gasteiger partial charge in [-0.2, -0.15) is 0 Å². The van der Waals surface area contributed by atoms with Crippen LogP contribution in [0.5, 0.6) is 0 Å². The molecule has 0 aliphatic carbocycles. The van der Waals surface area contributed by atoms with Gasteiger partial charge >= 0.3 is 6.03 Å². The third-order valence-electron chi connectivity index (χ3n) is 11.5. The number of aliphatic hydroxyl groups excluding tert-OH is 2. The third kappa shape index (κ3) is 11.2. The Labute approximate surface area is 345 Å². The molecule has 3 heterocycles. The Morgan fingerprint density at radius 3 is 2.17 bits per heavy atom. The number of benzene rings is 2. The summed E-state index contributed by atoms with van der Waals surface area (Å²) in [5, 5.41) is 31.9. The Hall–Kier alpha value is -5.35. The summed E-state index contributed by atoms with van der Waals surface area (Å²) in [7, 11) is 0. The second-order valence-corrected chi connectivity index (χ2v) is 15.8. The van der Waals surface area contributed by atoms with Gasteiger partial charge in [0, 0.05) is 44.6 Å². The first-order valence-electron chi connectivity index (χ1n) is 20.8. The zero-order valence-electron chi connectivity index (χ0n) is 34.4. The van der Waals surface area contributed by atoms with Crippen LogP contribution in [0.4, 0.5) is 10.5 Å². The number of hydrogen-bond acceptors (Lipinski definition) is 9. The van der Waals surface area contributed by atoms with Crippen LogP contribution in [0.3, 0.4) is 0 Å². The highest BCUT2D eigenvalue weighted by Gasteiger charge is 2.46. The summed E-state index contributed by atoms with van der Waals surface area (Å²) in [6, 6.07) is 7.64. The van der Waals surface area contributed by atoms with Crippen LogP contribution in [0.15, 0.2) is 48.5 Å². The zero-order valence-corrected chi connectivity index (χ0v) is 34.4. The number of urea groups is 1. The van der Waals surface area contributed by atoms with Crippen LogP contribution in [0.25, 0.3) is 0 Å². The minimum absolute atomic E-state index is 0.0327. The molecule has 3 aliphatic heterocycles. The van der Waals surface area contributed by atoms with Gasteiger partial charge in [-0.05, 0) is 75.6 Å². The van der Waals surface area contributed by atoms with E-state index in [2.05, 4.69) is 21.3 Å². The summed E-state index contributed by atoms with van der Waals surface area (Å²) in [5.74, 6) is -3.09. The maximum absolute atomic E-state index is 14.3. The number of rotatable bonds is 15. The molecule has 0 radical (unpaired) electrons. The number of nitrogens with one attached hydrogen (secondary N) is 4. The highest BCUT2D eigenvalue weighted by molar-refractivity contribution is 5.98. The Morgan fingerprint density at radius 2 is 1.49 bits per heavy atom. The van der Waals surface area contributed by atoms with Crippen LogP contribution >= 0.6 is 0 Å². The number of carbonyl (C=O) groups is 7. The maximum Gasteiger partial charge on any atom is 0.319 e. The fourth-order valence-corrected chi connectivity index (χ4v) is 8.26. The molecule has 0 saturated carbocycles. The number of carbonyl (C=O) groups excluding carboxylic acids is 7. The molecule has 3 fully saturated rings. The van der Waals surface area contributed by atoms with E-state index < -0.39 is 78.6 Å². The second kappa shape index (κ2) is 20.6. The van der Waals surface area contributed by atoms with Gasteiger partial charge in [0.05, 0.1) is 18.8 Å². The number of aliphatic hydroxyl groups is 2. The third-order valence-corrected chi connectivity index (χ3v) is 11.5. The maximum atomic E-state index is 14.3. The average molecular weight is 818 g/mol. The molecule has 0 aromatic heterocycles. The number of β-amino-alcohol motifs (C(OH)–C–C–N with tert-alkyl or cyclic N) is 1. The number of likely N-dealkylation sites (tertiary alicyclic amines) is 3. The number of piperidine rings is 1. The molecule has 3 saturated heterocycles. The minimum atomic E-state index is -1.53. The van der Waals surface area contributed by atoms with Crippen LogP contribution in [0.1, 0.15) is 82.4 Å². The van der Waals surface area contributed by atoms with Crippen molar-refractivity contribution >= 4 is 47.0 Å². The number of aryl methyl sites for hydroxylation is 2. The van der Waals surface area contributed by atoms with E-state index in [0.717, 1.165) is 28.0 Å². The number of anilines is 1. The molecule has 16 nitrogen and oxygen atoms in total. The molecule has 16 heteroatoms. The van der Waals surface area contributed by atoms with Gasteiger partial charge < -0.3 is 46.2 Å². The van der Waals surface area contributed by atoms with Crippen molar-refractivity contribution in [3.63, 3.8) is 0 Å². The number of ketones is 1. The predicted molar refractivity (Wildman–Crippen MR) is 219 cm³/mol. The van der Waals surface area contributed by atoms with E-state index in [1.165, 1.54) is 9.80 Å². The summed E-state index contributed by atoms with van der Waals surface area (Å²) < 4.78 is 0. The standard InChI is InChI=1S/C43H59N7O9/c1-5-28-15-17-30(18-16-28)45-43(59)47-32(22-29-12-9-11-26(3)21-29)38(54)46-33(25-51)41(57)50-24-31(52)23-36(50)42(58)49-19-8-7-13-35(49)39(55)44-27(4)40(56)48-20-10-14-34(48)37(53)6-2/h9,11-12,15-18,21,27,31-36,51-52H,5-8,10,13-14,19-20,22-25H2,1-4H3,(H,44,55)(H,46,54)(H2,45,47,59)/t27-,31+,32-,33-,34-,35-,36-/m0/s1. The smallest absolute Gasteiger partial charge is 0.319 e. The molecular weight excluding hydrogens is 759 g/mol. The van der Waals surface area contributed by atoms with Crippen molar-refractivity contribution in [3.8, 4) is 0 Å². The van der Waals surface area contributed by atoms with Crippen molar-refractivity contribution in [2.24, 2.45) is 0 Å².